The molecule has 1 fully saturated rings. The highest BCUT2D eigenvalue weighted by Gasteiger charge is 2.22. The van der Waals surface area contributed by atoms with Crippen molar-refractivity contribution in [2.75, 3.05) is 6.61 Å². The van der Waals surface area contributed by atoms with E-state index in [9.17, 15) is 9.90 Å². The minimum absolute atomic E-state index is 0.0538. The van der Waals surface area contributed by atoms with E-state index in [1.54, 1.807) is 6.07 Å². The SMILES string of the molecule is CCOc1cc(Br)c(Br)c(C=C2NC(=S)NC2=O)c1O. The molecule has 1 aliphatic heterocycles. The van der Waals surface area contributed by atoms with E-state index in [1.807, 2.05) is 6.92 Å². The number of thiocarbonyl (C=S) groups is 1. The quantitative estimate of drug-likeness (QED) is 0.517. The summed E-state index contributed by atoms with van der Waals surface area (Å²) in [7, 11) is 0. The van der Waals surface area contributed by atoms with Gasteiger partial charge in [0, 0.05) is 14.5 Å². The molecule has 0 atom stereocenters. The second-order valence-corrected chi connectivity index (χ2v) is 5.89. The summed E-state index contributed by atoms with van der Waals surface area (Å²) in [5.41, 5.74) is 0.678. The molecule has 1 aromatic carbocycles. The van der Waals surface area contributed by atoms with E-state index in [0.29, 0.717) is 26.9 Å². The zero-order valence-electron chi connectivity index (χ0n) is 10.3. The third-order valence-electron chi connectivity index (χ3n) is 2.50. The molecule has 5 nitrogen and oxygen atoms in total. The molecule has 20 heavy (non-hydrogen) atoms. The van der Waals surface area contributed by atoms with Gasteiger partial charge < -0.3 is 15.2 Å². The molecule has 106 valence electrons. The Balaban J connectivity index is 2.53. The molecule has 0 bridgehead atoms. The molecular weight excluding hydrogens is 412 g/mol. The van der Waals surface area contributed by atoms with Crippen LogP contribution in [-0.2, 0) is 4.79 Å². The molecular formula is C12H10Br2N2O3S. The van der Waals surface area contributed by atoms with Crippen molar-refractivity contribution in [1.29, 1.82) is 0 Å². The summed E-state index contributed by atoms with van der Waals surface area (Å²) in [6.45, 7) is 2.23. The maximum Gasteiger partial charge on any atom is 0.273 e. The molecule has 0 aromatic heterocycles. The van der Waals surface area contributed by atoms with Crippen molar-refractivity contribution in [2.45, 2.75) is 6.92 Å². The van der Waals surface area contributed by atoms with E-state index in [4.69, 9.17) is 17.0 Å². The van der Waals surface area contributed by atoms with Gasteiger partial charge in [-0.15, -0.1) is 0 Å². The number of amides is 1. The summed E-state index contributed by atoms with van der Waals surface area (Å²) in [6.07, 6.45) is 1.50. The van der Waals surface area contributed by atoms with Gasteiger partial charge in [-0.2, -0.15) is 0 Å². The lowest BCUT2D eigenvalue weighted by Gasteiger charge is -2.12. The van der Waals surface area contributed by atoms with Crippen LogP contribution < -0.4 is 15.4 Å². The number of benzene rings is 1. The van der Waals surface area contributed by atoms with Crippen LogP contribution in [-0.4, -0.2) is 22.7 Å². The highest BCUT2D eigenvalue weighted by molar-refractivity contribution is 9.13. The van der Waals surface area contributed by atoms with Crippen LogP contribution in [0.15, 0.2) is 20.7 Å². The number of aromatic hydroxyl groups is 1. The molecule has 0 radical (unpaired) electrons. The van der Waals surface area contributed by atoms with Gasteiger partial charge in [-0.05, 0) is 63.1 Å². The van der Waals surface area contributed by atoms with Crippen LogP contribution >= 0.6 is 44.1 Å². The summed E-state index contributed by atoms with van der Waals surface area (Å²) in [5, 5.41) is 15.6. The molecule has 0 unspecified atom stereocenters. The van der Waals surface area contributed by atoms with E-state index in [1.165, 1.54) is 6.08 Å². The van der Waals surface area contributed by atoms with Gasteiger partial charge >= 0.3 is 0 Å². The van der Waals surface area contributed by atoms with Crippen LogP contribution in [0.4, 0.5) is 0 Å². The number of phenolic OH excluding ortho intramolecular Hbond substituents is 1. The molecule has 1 heterocycles. The monoisotopic (exact) mass is 420 g/mol. The summed E-state index contributed by atoms with van der Waals surface area (Å²) in [6, 6.07) is 1.65. The summed E-state index contributed by atoms with van der Waals surface area (Å²) in [4.78, 5) is 11.6. The van der Waals surface area contributed by atoms with E-state index >= 15 is 0 Å². The lowest BCUT2D eigenvalue weighted by atomic mass is 10.1. The number of ether oxygens (including phenoxy) is 1. The lowest BCUT2D eigenvalue weighted by molar-refractivity contribution is -0.115. The Hall–Kier alpha value is -1.12. The molecule has 8 heteroatoms. The Morgan fingerprint density at radius 3 is 2.70 bits per heavy atom. The van der Waals surface area contributed by atoms with Gasteiger partial charge in [0.1, 0.15) is 5.70 Å². The van der Waals surface area contributed by atoms with E-state index in [-0.39, 0.29) is 22.5 Å². The van der Waals surface area contributed by atoms with Crippen LogP contribution in [0.25, 0.3) is 6.08 Å². The van der Waals surface area contributed by atoms with Crippen LogP contribution in [0.3, 0.4) is 0 Å². The van der Waals surface area contributed by atoms with Gasteiger partial charge in [0.05, 0.1) is 6.61 Å². The predicted molar refractivity (Wildman–Crippen MR) is 86.5 cm³/mol. The Morgan fingerprint density at radius 1 is 1.45 bits per heavy atom. The van der Waals surface area contributed by atoms with Gasteiger partial charge in [-0.25, -0.2) is 0 Å². The third-order valence-corrected chi connectivity index (χ3v) is 4.72. The molecule has 3 N–H and O–H groups in total. The Kier molecular flexibility index (Phi) is 4.66. The highest BCUT2D eigenvalue weighted by atomic mass is 79.9. The predicted octanol–water partition coefficient (Wildman–Crippen LogP) is 2.66. The zero-order chi connectivity index (χ0) is 14.9. The number of carbonyl (C=O) groups is 1. The Bertz CT molecular complexity index is 632. The van der Waals surface area contributed by atoms with E-state index in [2.05, 4.69) is 42.5 Å². The fraction of sp³-hybridized carbons (Fsp3) is 0.167. The summed E-state index contributed by atoms with van der Waals surface area (Å²) < 4.78 is 6.66. The summed E-state index contributed by atoms with van der Waals surface area (Å²) in [5.74, 6) is -0.0727. The average molecular weight is 422 g/mol. The second-order valence-electron chi connectivity index (χ2n) is 3.83. The molecule has 1 saturated heterocycles. The topological polar surface area (TPSA) is 70.6 Å². The minimum atomic E-state index is -0.348. The summed E-state index contributed by atoms with van der Waals surface area (Å²) >= 11 is 11.6. The number of nitrogens with one attached hydrogen (secondary N) is 2. The highest BCUT2D eigenvalue weighted by Crippen LogP contribution is 2.41. The van der Waals surface area contributed by atoms with Crippen LogP contribution in [0.1, 0.15) is 12.5 Å². The molecule has 0 aliphatic carbocycles. The van der Waals surface area contributed by atoms with Crippen molar-refractivity contribution in [3.05, 3.63) is 26.3 Å². The first-order valence-corrected chi connectivity index (χ1v) is 7.61. The third kappa shape index (κ3) is 2.97. The van der Waals surface area contributed by atoms with Crippen LogP contribution in [0.2, 0.25) is 0 Å². The van der Waals surface area contributed by atoms with Gasteiger partial charge in [0.25, 0.3) is 5.91 Å². The second kappa shape index (κ2) is 6.11. The number of halogens is 2. The maximum atomic E-state index is 11.6. The van der Waals surface area contributed by atoms with Gasteiger partial charge in [-0.3, -0.25) is 10.1 Å². The molecule has 0 saturated carbocycles. The number of carbonyl (C=O) groups excluding carboxylic acids is 1. The number of phenols is 1. The fourth-order valence-corrected chi connectivity index (χ4v) is 2.68. The van der Waals surface area contributed by atoms with Crippen molar-refractivity contribution >= 4 is 61.2 Å². The van der Waals surface area contributed by atoms with Crippen molar-refractivity contribution < 1.29 is 14.6 Å². The first kappa shape index (κ1) is 15.3. The van der Waals surface area contributed by atoms with Crippen molar-refractivity contribution in [1.82, 2.24) is 10.6 Å². The van der Waals surface area contributed by atoms with Crippen LogP contribution in [0, 0.1) is 0 Å². The molecule has 0 spiro atoms. The first-order valence-electron chi connectivity index (χ1n) is 5.61. The molecule has 2 rings (SSSR count). The van der Waals surface area contributed by atoms with Crippen molar-refractivity contribution in [3.8, 4) is 11.5 Å². The molecule has 1 aromatic rings. The Labute approximate surface area is 137 Å². The lowest BCUT2D eigenvalue weighted by Crippen LogP contribution is -2.21. The van der Waals surface area contributed by atoms with E-state index < -0.39 is 0 Å². The molecule has 1 aliphatic rings. The number of hydrogen-bond acceptors (Lipinski definition) is 4. The Morgan fingerprint density at radius 2 is 2.15 bits per heavy atom. The average Bonchev–Trinajstić information content (AvgIpc) is 2.70. The normalized spacial score (nSPS) is 16.2. The first-order chi connectivity index (χ1) is 9.43. The maximum absolute atomic E-state index is 11.6. The number of hydrogen-bond donors (Lipinski definition) is 3. The zero-order valence-corrected chi connectivity index (χ0v) is 14.3. The smallest absolute Gasteiger partial charge is 0.273 e. The van der Waals surface area contributed by atoms with Gasteiger partial charge in [0.2, 0.25) is 0 Å². The van der Waals surface area contributed by atoms with Gasteiger partial charge in [-0.1, -0.05) is 0 Å². The number of rotatable bonds is 3. The van der Waals surface area contributed by atoms with Gasteiger partial charge in [0.15, 0.2) is 16.6 Å². The minimum Gasteiger partial charge on any atom is -0.504 e. The standard InChI is InChI=1S/C12H10Br2N2O3S/c1-2-19-8-4-6(13)9(14)5(10(8)17)3-7-11(18)16-12(20)15-7/h3-4,17H,2H2,1H3,(H2,15,16,18,20). The van der Waals surface area contributed by atoms with Crippen molar-refractivity contribution in [2.24, 2.45) is 0 Å². The largest absolute Gasteiger partial charge is 0.504 e. The van der Waals surface area contributed by atoms with E-state index in [0.717, 1.165) is 0 Å². The van der Waals surface area contributed by atoms with Crippen LogP contribution in [0.5, 0.6) is 11.5 Å². The fourth-order valence-electron chi connectivity index (χ4n) is 1.64. The molecule has 1 amide bonds. The van der Waals surface area contributed by atoms with Crippen molar-refractivity contribution in [3.63, 3.8) is 0 Å².